The zero-order chi connectivity index (χ0) is 41.7. The highest BCUT2D eigenvalue weighted by Crippen LogP contribution is 2.16. The number of carbonyl (C=O) groups excluding carboxylic acids is 1. The Balaban J connectivity index is 3.52. The number of aliphatic hydroxyl groups is 4. The van der Waals surface area contributed by atoms with E-state index in [9.17, 15) is 25.2 Å². The van der Waals surface area contributed by atoms with Gasteiger partial charge in [0.05, 0.1) is 18.8 Å². The van der Waals surface area contributed by atoms with E-state index >= 15 is 0 Å². The molecule has 0 radical (unpaired) electrons. The average Bonchev–Trinajstić information content (AvgIpc) is 3.22. The summed E-state index contributed by atoms with van der Waals surface area (Å²) in [5.74, 6) is -0.596. The number of nitrogens with one attached hydrogen (secondary N) is 1. The van der Waals surface area contributed by atoms with Gasteiger partial charge in [0.1, 0.15) is 12.2 Å². The van der Waals surface area contributed by atoms with Crippen LogP contribution in [0.15, 0.2) is 36.5 Å². The molecule has 6 nitrogen and oxygen atoms in total. The first kappa shape index (κ1) is 55.5. The van der Waals surface area contributed by atoms with Crippen LogP contribution in [0.4, 0.5) is 0 Å². The van der Waals surface area contributed by atoms with Crippen LogP contribution in [0.2, 0.25) is 0 Å². The first-order valence-corrected chi connectivity index (χ1v) is 24.9. The van der Waals surface area contributed by atoms with E-state index in [0.29, 0.717) is 19.3 Å². The molecule has 0 aromatic carbocycles. The normalized spacial score (nSPS) is 14.3. The van der Waals surface area contributed by atoms with Crippen molar-refractivity contribution in [3.05, 3.63) is 36.5 Å². The van der Waals surface area contributed by atoms with Crippen LogP contribution in [0, 0.1) is 0 Å². The number of allylic oxidation sites excluding steroid dienone is 6. The lowest BCUT2D eigenvalue weighted by molar-refractivity contribution is -0.132. The Morgan fingerprint density at radius 2 is 0.789 bits per heavy atom. The fourth-order valence-electron chi connectivity index (χ4n) is 7.60. The molecule has 0 aliphatic carbocycles. The molecule has 0 spiro atoms. The van der Waals surface area contributed by atoms with Gasteiger partial charge in [-0.1, -0.05) is 224 Å². The zero-order valence-electron chi connectivity index (χ0n) is 37.8. The lowest BCUT2D eigenvalue weighted by Crippen LogP contribution is -2.53. The molecule has 0 aliphatic heterocycles. The first-order valence-electron chi connectivity index (χ1n) is 24.9. The Morgan fingerprint density at radius 3 is 1.21 bits per heavy atom. The molecule has 5 N–H and O–H groups in total. The Kier molecular flexibility index (Phi) is 44.4. The molecule has 4 unspecified atom stereocenters. The van der Waals surface area contributed by atoms with Crippen molar-refractivity contribution < 1.29 is 25.2 Å². The maximum absolute atomic E-state index is 12.5. The minimum atomic E-state index is -1.28. The molecule has 336 valence electrons. The molecule has 4 atom stereocenters. The molecular formula is C51H97NO5. The maximum atomic E-state index is 12.5. The van der Waals surface area contributed by atoms with Crippen LogP contribution in [-0.2, 0) is 4.79 Å². The smallest absolute Gasteiger partial charge is 0.249 e. The number of unbranched alkanes of at least 4 members (excludes halogenated alkanes) is 30. The number of hydrogen-bond donors (Lipinski definition) is 5. The average molecular weight is 804 g/mol. The number of hydrogen-bond acceptors (Lipinski definition) is 5. The predicted molar refractivity (Wildman–Crippen MR) is 247 cm³/mol. The minimum Gasteiger partial charge on any atom is -0.394 e. The zero-order valence-corrected chi connectivity index (χ0v) is 37.8. The molecule has 0 aromatic heterocycles. The third kappa shape index (κ3) is 39.7. The van der Waals surface area contributed by atoms with Crippen molar-refractivity contribution in [2.45, 2.75) is 276 Å². The Morgan fingerprint density at radius 1 is 0.439 bits per heavy atom. The predicted octanol–water partition coefficient (Wildman–Crippen LogP) is 13.7. The quantitative estimate of drug-likeness (QED) is 0.0311. The molecule has 6 heteroatoms. The van der Waals surface area contributed by atoms with Gasteiger partial charge in [-0.15, -0.1) is 0 Å². The number of aliphatic hydroxyl groups excluding tert-OH is 4. The maximum Gasteiger partial charge on any atom is 0.249 e. The van der Waals surface area contributed by atoms with E-state index in [4.69, 9.17) is 0 Å². The van der Waals surface area contributed by atoms with Crippen molar-refractivity contribution in [1.82, 2.24) is 5.32 Å². The summed E-state index contributed by atoms with van der Waals surface area (Å²) >= 11 is 0. The summed E-state index contributed by atoms with van der Waals surface area (Å²) in [4.78, 5) is 12.5. The highest BCUT2D eigenvalue weighted by molar-refractivity contribution is 5.80. The van der Waals surface area contributed by atoms with E-state index in [1.807, 2.05) is 0 Å². The second kappa shape index (κ2) is 45.6. The molecule has 0 bridgehead atoms. The molecular weight excluding hydrogens is 707 g/mol. The van der Waals surface area contributed by atoms with Gasteiger partial charge in [0.25, 0.3) is 0 Å². The number of rotatable bonds is 45. The number of amides is 1. The first-order chi connectivity index (χ1) is 28.0. The molecule has 0 aliphatic rings. The fourth-order valence-corrected chi connectivity index (χ4v) is 7.60. The summed E-state index contributed by atoms with van der Waals surface area (Å²) in [5, 5.41) is 43.3. The monoisotopic (exact) mass is 804 g/mol. The van der Waals surface area contributed by atoms with Gasteiger partial charge in [-0.05, 0) is 64.2 Å². The van der Waals surface area contributed by atoms with Crippen LogP contribution in [0.3, 0.4) is 0 Å². The summed E-state index contributed by atoms with van der Waals surface area (Å²) in [7, 11) is 0. The second-order valence-electron chi connectivity index (χ2n) is 17.2. The third-order valence-electron chi connectivity index (χ3n) is 11.6. The van der Waals surface area contributed by atoms with Crippen molar-refractivity contribution in [1.29, 1.82) is 0 Å². The van der Waals surface area contributed by atoms with E-state index in [2.05, 4.69) is 55.6 Å². The van der Waals surface area contributed by atoms with Gasteiger partial charge in [0.2, 0.25) is 5.91 Å². The summed E-state index contributed by atoms with van der Waals surface area (Å²) in [5.41, 5.74) is 0. The highest BCUT2D eigenvalue weighted by Gasteiger charge is 2.28. The van der Waals surface area contributed by atoms with E-state index in [0.717, 1.165) is 44.9 Å². The summed E-state index contributed by atoms with van der Waals surface area (Å²) in [6.45, 7) is 3.95. The fraction of sp³-hybridized carbons (Fsp3) is 0.863. The van der Waals surface area contributed by atoms with E-state index in [1.165, 1.54) is 173 Å². The molecule has 0 fully saturated rings. The van der Waals surface area contributed by atoms with Crippen molar-refractivity contribution in [2.75, 3.05) is 6.61 Å². The minimum absolute atomic E-state index is 0.363. The number of carbonyl (C=O) groups is 1. The largest absolute Gasteiger partial charge is 0.394 e. The lowest BCUT2D eigenvalue weighted by atomic mass is 10.00. The van der Waals surface area contributed by atoms with E-state index in [1.54, 1.807) is 0 Å². The molecule has 0 saturated carbocycles. The third-order valence-corrected chi connectivity index (χ3v) is 11.6. The topological polar surface area (TPSA) is 110 Å². The Bertz CT molecular complexity index is 904. The van der Waals surface area contributed by atoms with Crippen LogP contribution in [0.1, 0.15) is 251 Å². The Labute approximate surface area is 354 Å². The SMILES string of the molecule is CCCC/C=C/CCCC(O)C(O)C(CO)NC(=O)C(O)CCCCCCCCCCCCCCCCCC/C=C\C/C=C\CCCCCCCCCCCCC. The Hall–Kier alpha value is -1.47. The van der Waals surface area contributed by atoms with Crippen LogP contribution in [-0.4, -0.2) is 57.3 Å². The van der Waals surface area contributed by atoms with E-state index < -0.39 is 36.9 Å². The van der Waals surface area contributed by atoms with Crippen molar-refractivity contribution in [2.24, 2.45) is 0 Å². The van der Waals surface area contributed by atoms with Crippen molar-refractivity contribution >= 4 is 5.91 Å². The van der Waals surface area contributed by atoms with Gasteiger partial charge >= 0.3 is 0 Å². The van der Waals surface area contributed by atoms with Crippen LogP contribution < -0.4 is 5.32 Å². The van der Waals surface area contributed by atoms with Crippen molar-refractivity contribution in [3.8, 4) is 0 Å². The van der Waals surface area contributed by atoms with Gasteiger partial charge in [0.15, 0.2) is 0 Å². The van der Waals surface area contributed by atoms with E-state index in [-0.39, 0.29) is 0 Å². The summed E-state index contributed by atoms with van der Waals surface area (Å²) in [6.07, 6.45) is 55.3. The van der Waals surface area contributed by atoms with Gasteiger partial charge in [-0.2, -0.15) is 0 Å². The molecule has 57 heavy (non-hydrogen) atoms. The standard InChI is InChI=1S/C51H97NO5/c1-3-5-7-9-11-12-13-14-15-16-17-18-19-20-21-22-23-24-25-26-27-28-29-30-31-32-33-34-35-36-37-39-41-43-45-49(55)51(57)52-47(46-53)50(56)48(54)44-42-40-38-10-8-6-4-2/h10,19-20,22-23,38,47-50,53-56H,3-9,11-18,21,24-37,39-46H2,1-2H3,(H,52,57)/b20-19-,23-22-,38-10+. The molecule has 0 saturated heterocycles. The van der Waals surface area contributed by atoms with Gasteiger partial charge in [-0.25, -0.2) is 0 Å². The molecule has 0 aromatic rings. The van der Waals surface area contributed by atoms with Crippen LogP contribution >= 0.6 is 0 Å². The molecule has 1 amide bonds. The van der Waals surface area contributed by atoms with Gasteiger partial charge in [0, 0.05) is 0 Å². The molecule has 0 rings (SSSR count). The lowest BCUT2D eigenvalue weighted by Gasteiger charge is -2.27. The van der Waals surface area contributed by atoms with Crippen LogP contribution in [0.25, 0.3) is 0 Å². The van der Waals surface area contributed by atoms with Crippen LogP contribution in [0.5, 0.6) is 0 Å². The van der Waals surface area contributed by atoms with Crippen molar-refractivity contribution in [3.63, 3.8) is 0 Å². The molecule has 0 heterocycles. The highest BCUT2D eigenvalue weighted by atomic mass is 16.3. The van der Waals surface area contributed by atoms with Gasteiger partial charge in [-0.3, -0.25) is 4.79 Å². The summed E-state index contributed by atoms with van der Waals surface area (Å²) in [6, 6.07) is -0.998. The second-order valence-corrected chi connectivity index (χ2v) is 17.2. The van der Waals surface area contributed by atoms with Gasteiger partial charge < -0.3 is 25.7 Å². The summed E-state index contributed by atoms with van der Waals surface area (Å²) < 4.78 is 0.